The average molecular weight is 264 g/mol. The van der Waals surface area contributed by atoms with Crippen molar-refractivity contribution in [1.29, 1.82) is 0 Å². The van der Waals surface area contributed by atoms with Crippen molar-refractivity contribution in [3.8, 4) is 5.75 Å². The Balaban J connectivity index is 1.73. The number of hydrogen-bond donors (Lipinski definition) is 2. The summed E-state index contributed by atoms with van der Waals surface area (Å²) in [5.41, 5.74) is 1.17. The lowest BCUT2D eigenvalue weighted by atomic mass is 10.2. The lowest BCUT2D eigenvalue weighted by Gasteiger charge is -2.23. The number of aliphatic hydroxyl groups excluding tert-OH is 1. The Morgan fingerprint density at radius 3 is 3.11 bits per heavy atom. The summed E-state index contributed by atoms with van der Waals surface area (Å²) in [4.78, 5) is 2.30. The van der Waals surface area contributed by atoms with Gasteiger partial charge in [0.05, 0.1) is 0 Å². The first-order valence-corrected chi connectivity index (χ1v) is 7.04. The molecule has 2 rings (SSSR count). The fraction of sp³-hybridized carbons (Fsp3) is 0.600. The molecule has 1 aromatic carbocycles. The highest BCUT2D eigenvalue weighted by Crippen LogP contribution is 2.12. The van der Waals surface area contributed by atoms with Crippen molar-refractivity contribution in [1.82, 2.24) is 10.2 Å². The Morgan fingerprint density at radius 2 is 2.26 bits per heavy atom. The minimum atomic E-state index is -0.432. The first-order chi connectivity index (χ1) is 9.24. The van der Waals surface area contributed by atoms with Crippen molar-refractivity contribution in [3.05, 3.63) is 29.8 Å². The third-order valence-electron chi connectivity index (χ3n) is 3.33. The van der Waals surface area contributed by atoms with Gasteiger partial charge in [0.1, 0.15) is 18.5 Å². The van der Waals surface area contributed by atoms with Crippen LogP contribution in [-0.2, 0) is 0 Å². The smallest absolute Gasteiger partial charge is 0.119 e. The van der Waals surface area contributed by atoms with Crippen molar-refractivity contribution in [3.63, 3.8) is 0 Å². The molecule has 0 amide bonds. The van der Waals surface area contributed by atoms with Gasteiger partial charge in [0.15, 0.2) is 0 Å². The van der Waals surface area contributed by atoms with Crippen molar-refractivity contribution in [2.24, 2.45) is 0 Å². The molecule has 1 aliphatic heterocycles. The maximum atomic E-state index is 10.0. The number of aryl methyl sites for hydroxylation is 1. The molecule has 4 heteroatoms. The lowest BCUT2D eigenvalue weighted by molar-refractivity contribution is 0.0703. The molecular formula is C15H24N2O2. The van der Waals surface area contributed by atoms with Gasteiger partial charge in [-0.3, -0.25) is 4.90 Å². The average Bonchev–Trinajstić information content (AvgIpc) is 2.65. The standard InChI is InChI=1S/C15H24N2O2/c1-13-4-2-5-15(10-13)19-12-14(18)11-17-8-3-6-16-7-9-17/h2,4-5,10,14,16,18H,3,6-9,11-12H2,1H3/t14-/m0/s1. The maximum Gasteiger partial charge on any atom is 0.119 e. The normalized spacial score (nSPS) is 18.8. The fourth-order valence-electron chi connectivity index (χ4n) is 2.33. The zero-order valence-electron chi connectivity index (χ0n) is 11.6. The summed E-state index contributed by atoms with van der Waals surface area (Å²) >= 11 is 0. The van der Waals surface area contributed by atoms with Crippen LogP contribution in [-0.4, -0.2) is 55.4 Å². The summed E-state index contributed by atoms with van der Waals surface area (Å²) in [5, 5.41) is 13.4. The summed E-state index contributed by atoms with van der Waals surface area (Å²) < 4.78 is 5.63. The van der Waals surface area contributed by atoms with E-state index in [-0.39, 0.29) is 0 Å². The first kappa shape index (κ1) is 14.3. The summed E-state index contributed by atoms with van der Waals surface area (Å²) in [6, 6.07) is 7.92. The highest BCUT2D eigenvalue weighted by Gasteiger charge is 2.13. The molecular weight excluding hydrogens is 240 g/mol. The van der Waals surface area contributed by atoms with Crippen LogP contribution in [0.3, 0.4) is 0 Å². The molecule has 0 saturated carbocycles. The SMILES string of the molecule is Cc1cccc(OC[C@@H](O)CN2CCCNCC2)c1. The second kappa shape index (κ2) is 7.48. The lowest BCUT2D eigenvalue weighted by Crippen LogP contribution is -2.37. The highest BCUT2D eigenvalue weighted by atomic mass is 16.5. The number of β-amino-alcohol motifs (C(OH)–C–C–N with tert-alkyl or cyclic N) is 1. The molecule has 106 valence electrons. The van der Waals surface area contributed by atoms with Gasteiger partial charge in [-0.25, -0.2) is 0 Å². The second-order valence-electron chi connectivity index (χ2n) is 5.19. The third kappa shape index (κ3) is 5.19. The number of aliphatic hydroxyl groups is 1. The van der Waals surface area contributed by atoms with E-state index in [4.69, 9.17) is 4.74 Å². The monoisotopic (exact) mass is 264 g/mol. The van der Waals surface area contributed by atoms with E-state index in [1.54, 1.807) is 0 Å². The molecule has 1 atom stereocenters. The van der Waals surface area contributed by atoms with Gasteiger partial charge in [-0.05, 0) is 44.1 Å². The van der Waals surface area contributed by atoms with E-state index in [1.165, 1.54) is 5.56 Å². The topological polar surface area (TPSA) is 44.7 Å². The van der Waals surface area contributed by atoms with Gasteiger partial charge in [-0.2, -0.15) is 0 Å². The number of benzene rings is 1. The van der Waals surface area contributed by atoms with E-state index >= 15 is 0 Å². The Hall–Kier alpha value is -1.10. The van der Waals surface area contributed by atoms with E-state index in [9.17, 15) is 5.11 Å². The van der Waals surface area contributed by atoms with Crippen LogP contribution in [0.15, 0.2) is 24.3 Å². The van der Waals surface area contributed by atoms with Gasteiger partial charge in [-0.1, -0.05) is 12.1 Å². The highest BCUT2D eigenvalue weighted by molar-refractivity contribution is 5.27. The molecule has 0 radical (unpaired) electrons. The summed E-state index contributed by atoms with van der Waals surface area (Å²) in [6.45, 7) is 7.21. The largest absolute Gasteiger partial charge is 0.491 e. The molecule has 2 N–H and O–H groups in total. The molecule has 4 nitrogen and oxygen atoms in total. The molecule has 1 fully saturated rings. The Labute approximate surface area is 115 Å². The Bertz CT molecular complexity index is 376. The molecule has 1 heterocycles. The van der Waals surface area contributed by atoms with Crippen molar-refractivity contribution in [2.45, 2.75) is 19.4 Å². The van der Waals surface area contributed by atoms with Crippen LogP contribution in [0.4, 0.5) is 0 Å². The Kier molecular flexibility index (Phi) is 5.63. The van der Waals surface area contributed by atoms with Crippen molar-refractivity contribution < 1.29 is 9.84 Å². The van der Waals surface area contributed by atoms with Crippen LogP contribution in [0.1, 0.15) is 12.0 Å². The van der Waals surface area contributed by atoms with Crippen LogP contribution >= 0.6 is 0 Å². The molecule has 0 aromatic heterocycles. The molecule has 19 heavy (non-hydrogen) atoms. The summed E-state index contributed by atoms with van der Waals surface area (Å²) in [5.74, 6) is 0.830. The minimum Gasteiger partial charge on any atom is -0.491 e. The van der Waals surface area contributed by atoms with Crippen LogP contribution < -0.4 is 10.1 Å². The van der Waals surface area contributed by atoms with Gasteiger partial charge in [0.25, 0.3) is 0 Å². The number of hydrogen-bond acceptors (Lipinski definition) is 4. The zero-order valence-corrected chi connectivity index (χ0v) is 11.6. The van der Waals surface area contributed by atoms with Gasteiger partial charge < -0.3 is 15.2 Å². The Morgan fingerprint density at radius 1 is 1.37 bits per heavy atom. The zero-order chi connectivity index (χ0) is 13.5. The number of nitrogens with zero attached hydrogens (tertiary/aromatic N) is 1. The van der Waals surface area contributed by atoms with Gasteiger partial charge in [0.2, 0.25) is 0 Å². The van der Waals surface area contributed by atoms with E-state index in [0.29, 0.717) is 13.2 Å². The van der Waals surface area contributed by atoms with E-state index < -0.39 is 6.10 Å². The molecule has 0 aliphatic carbocycles. The molecule has 0 unspecified atom stereocenters. The number of rotatable bonds is 5. The van der Waals surface area contributed by atoms with Crippen molar-refractivity contribution in [2.75, 3.05) is 39.3 Å². The quantitative estimate of drug-likeness (QED) is 0.834. The van der Waals surface area contributed by atoms with Crippen molar-refractivity contribution >= 4 is 0 Å². The van der Waals surface area contributed by atoms with Crippen LogP contribution in [0, 0.1) is 6.92 Å². The van der Waals surface area contributed by atoms with Crippen LogP contribution in [0.25, 0.3) is 0 Å². The fourth-order valence-corrected chi connectivity index (χ4v) is 2.33. The first-order valence-electron chi connectivity index (χ1n) is 7.04. The molecule has 0 bridgehead atoms. The van der Waals surface area contributed by atoms with E-state index in [2.05, 4.69) is 10.2 Å². The van der Waals surface area contributed by atoms with Gasteiger partial charge >= 0.3 is 0 Å². The number of nitrogens with one attached hydrogen (secondary N) is 1. The second-order valence-corrected chi connectivity index (χ2v) is 5.19. The predicted octanol–water partition coefficient (Wildman–Crippen LogP) is 1.03. The molecule has 1 aliphatic rings. The predicted molar refractivity (Wildman–Crippen MR) is 76.6 cm³/mol. The van der Waals surface area contributed by atoms with E-state index in [1.807, 2.05) is 31.2 Å². The maximum absolute atomic E-state index is 10.0. The van der Waals surface area contributed by atoms with Gasteiger partial charge in [0, 0.05) is 19.6 Å². The summed E-state index contributed by atoms with van der Waals surface area (Å²) in [7, 11) is 0. The molecule has 1 saturated heterocycles. The number of ether oxygens (including phenoxy) is 1. The molecule has 0 spiro atoms. The van der Waals surface area contributed by atoms with Crippen LogP contribution in [0.2, 0.25) is 0 Å². The molecule has 1 aromatic rings. The third-order valence-corrected chi connectivity index (χ3v) is 3.33. The van der Waals surface area contributed by atoms with Crippen LogP contribution in [0.5, 0.6) is 5.75 Å². The summed E-state index contributed by atoms with van der Waals surface area (Å²) in [6.07, 6.45) is 0.712. The van der Waals surface area contributed by atoms with E-state index in [0.717, 1.165) is 38.3 Å². The minimum absolute atomic E-state index is 0.355. The van der Waals surface area contributed by atoms with Gasteiger partial charge in [-0.15, -0.1) is 0 Å².